The van der Waals surface area contributed by atoms with Crippen LogP contribution in [0.2, 0.25) is 0 Å². The van der Waals surface area contributed by atoms with Crippen molar-refractivity contribution in [2.75, 3.05) is 11.9 Å². The highest BCUT2D eigenvalue weighted by Crippen LogP contribution is 2.16. The number of hydrogen-bond acceptors (Lipinski definition) is 6. The minimum Gasteiger partial charge on any atom is -0.465 e. The van der Waals surface area contributed by atoms with E-state index in [2.05, 4.69) is 33.1 Å². The summed E-state index contributed by atoms with van der Waals surface area (Å²) in [5.74, 6) is 4.14. The molecule has 2 unspecified atom stereocenters. The summed E-state index contributed by atoms with van der Waals surface area (Å²) in [6, 6.07) is 12.0. The molecule has 0 radical (unpaired) electrons. The topological polar surface area (TPSA) is 166 Å². The van der Waals surface area contributed by atoms with Crippen molar-refractivity contribution in [3.8, 4) is 11.8 Å². The first-order chi connectivity index (χ1) is 18.1. The zero-order chi connectivity index (χ0) is 28.1. The van der Waals surface area contributed by atoms with Gasteiger partial charge in [0.15, 0.2) is 0 Å². The molecule has 0 fully saturated rings. The summed E-state index contributed by atoms with van der Waals surface area (Å²) in [7, 11) is 0. The van der Waals surface area contributed by atoms with Gasteiger partial charge in [-0.3, -0.25) is 9.59 Å². The number of rotatable bonds is 10. The van der Waals surface area contributed by atoms with Gasteiger partial charge in [-0.1, -0.05) is 62.1 Å². The second-order valence-electron chi connectivity index (χ2n) is 8.64. The van der Waals surface area contributed by atoms with E-state index in [4.69, 9.17) is 9.84 Å². The summed E-state index contributed by atoms with van der Waals surface area (Å²) in [5.41, 5.74) is 2.18. The molecule has 2 aromatic rings. The van der Waals surface area contributed by atoms with Crippen molar-refractivity contribution in [1.82, 2.24) is 16.0 Å². The highest BCUT2D eigenvalue weighted by molar-refractivity contribution is 5.98. The quantitative estimate of drug-likeness (QED) is 0.259. The molecular formula is C27H32N4O7. The normalized spacial score (nSPS) is 11.8. The fourth-order valence-corrected chi connectivity index (χ4v) is 3.23. The molecule has 38 heavy (non-hydrogen) atoms. The minimum atomic E-state index is -1.34. The van der Waals surface area contributed by atoms with Gasteiger partial charge < -0.3 is 36.2 Å². The molecule has 0 aliphatic heterocycles. The smallest absolute Gasteiger partial charge is 0.408 e. The number of carbonyl (C=O) groups is 4. The number of ether oxygens (including phenoxy) is 1. The van der Waals surface area contributed by atoms with Gasteiger partial charge in [-0.15, -0.1) is 0 Å². The molecule has 0 saturated carbocycles. The number of carbonyl (C=O) groups excluding carboxylic acids is 3. The highest BCUT2D eigenvalue weighted by Gasteiger charge is 2.26. The summed E-state index contributed by atoms with van der Waals surface area (Å²) in [6.45, 7) is 4.67. The molecule has 202 valence electrons. The molecule has 0 heterocycles. The first-order valence-electron chi connectivity index (χ1n) is 11.9. The van der Waals surface area contributed by atoms with E-state index in [1.807, 2.05) is 30.3 Å². The number of hydrogen-bond donors (Lipinski definition) is 6. The average Bonchev–Trinajstić information content (AvgIpc) is 2.88. The van der Waals surface area contributed by atoms with Gasteiger partial charge in [-0.05, 0) is 36.1 Å². The molecule has 11 heteroatoms. The Labute approximate surface area is 221 Å². The molecular weight excluding hydrogens is 492 g/mol. The Morgan fingerprint density at radius 2 is 1.68 bits per heavy atom. The van der Waals surface area contributed by atoms with E-state index >= 15 is 0 Å². The number of carboxylic acid groups (broad SMARTS) is 1. The molecule has 0 aliphatic rings. The lowest BCUT2D eigenvalue weighted by atomic mass is 10.0. The van der Waals surface area contributed by atoms with Gasteiger partial charge in [0.25, 0.3) is 0 Å². The van der Waals surface area contributed by atoms with Gasteiger partial charge in [-0.2, -0.15) is 0 Å². The van der Waals surface area contributed by atoms with Crippen LogP contribution in [0.4, 0.5) is 15.3 Å². The van der Waals surface area contributed by atoms with Crippen molar-refractivity contribution >= 4 is 29.7 Å². The fraction of sp³-hybridized carbons (Fsp3) is 0.333. The molecule has 0 bridgehead atoms. The number of benzene rings is 2. The summed E-state index contributed by atoms with van der Waals surface area (Å²) in [5, 5.41) is 28.4. The standard InChI is InChI=1S/C27H32N4O7/c1-17(2)23(31-26(35)36)25(34)29-18(3)24(33)30-22-12-11-21(15-32)20(14-22)10-7-13-28-27(37)38-16-19-8-5-4-6-9-19/h4-6,8-9,11-12,14,17-18,23,31-32H,13,15-16H2,1-3H3,(H,28,37)(H,29,34)(H,30,33)(H,35,36). The van der Waals surface area contributed by atoms with Crippen LogP contribution in [-0.2, 0) is 27.5 Å². The van der Waals surface area contributed by atoms with Crippen LogP contribution in [0.1, 0.15) is 37.5 Å². The summed E-state index contributed by atoms with van der Waals surface area (Å²) in [6.07, 6.45) is -1.96. The van der Waals surface area contributed by atoms with Crippen LogP contribution in [0, 0.1) is 17.8 Å². The number of aliphatic hydroxyl groups excluding tert-OH is 1. The number of amides is 4. The molecule has 4 amide bonds. The third-order valence-corrected chi connectivity index (χ3v) is 5.28. The van der Waals surface area contributed by atoms with Gasteiger partial charge >= 0.3 is 12.2 Å². The lowest BCUT2D eigenvalue weighted by Gasteiger charge is -2.22. The fourth-order valence-electron chi connectivity index (χ4n) is 3.23. The van der Waals surface area contributed by atoms with Crippen molar-refractivity contribution in [2.45, 2.75) is 46.1 Å². The summed E-state index contributed by atoms with van der Waals surface area (Å²) in [4.78, 5) is 47.8. The van der Waals surface area contributed by atoms with Crippen LogP contribution in [0.3, 0.4) is 0 Å². The van der Waals surface area contributed by atoms with Gasteiger partial charge in [0.1, 0.15) is 18.7 Å². The molecule has 0 spiro atoms. The zero-order valence-corrected chi connectivity index (χ0v) is 21.4. The van der Waals surface area contributed by atoms with Crippen molar-refractivity contribution in [2.24, 2.45) is 5.92 Å². The maximum Gasteiger partial charge on any atom is 0.408 e. The van der Waals surface area contributed by atoms with Gasteiger partial charge in [-0.25, -0.2) is 9.59 Å². The lowest BCUT2D eigenvalue weighted by Crippen LogP contribution is -2.53. The van der Waals surface area contributed by atoms with Crippen LogP contribution in [0.5, 0.6) is 0 Å². The maximum atomic E-state index is 12.6. The molecule has 0 aromatic heterocycles. The summed E-state index contributed by atoms with van der Waals surface area (Å²) >= 11 is 0. The predicted molar refractivity (Wildman–Crippen MR) is 140 cm³/mol. The number of nitrogens with one attached hydrogen (secondary N) is 4. The van der Waals surface area contributed by atoms with E-state index in [-0.39, 0.29) is 25.7 Å². The Morgan fingerprint density at radius 3 is 2.32 bits per heavy atom. The molecule has 6 N–H and O–H groups in total. The largest absolute Gasteiger partial charge is 0.465 e. The van der Waals surface area contributed by atoms with Crippen LogP contribution in [0.15, 0.2) is 48.5 Å². The SMILES string of the molecule is CC(NC(=O)C(NC(=O)O)C(C)C)C(=O)Nc1ccc(CO)c(C#CCNC(=O)OCc2ccccc2)c1. The Hall–Kier alpha value is -4.56. The molecule has 11 nitrogen and oxygen atoms in total. The van der Waals surface area contributed by atoms with Gasteiger partial charge in [0.2, 0.25) is 11.8 Å². The molecule has 2 atom stereocenters. The monoisotopic (exact) mass is 524 g/mol. The third kappa shape index (κ3) is 9.83. The highest BCUT2D eigenvalue weighted by atomic mass is 16.5. The van der Waals surface area contributed by atoms with E-state index in [9.17, 15) is 24.3 Å². The molecule has 0 saturated heterocycles. The molecule has 0 aliphatic carbocycles. The minimum absolute atomic E-state index is 0.000456. The van der Waals surface area contributed by atoms with Gasteiger partial charge in [0.05, 0.1) is 13.2 Å². The Bertz CT molecular complexity index is 1190. The van der Waals surface area contributed by atoms with Crippen molar-refractivity contribution < 1.29 is 34.1 Å². The molecule has 2 rings (SSSR count). The number of alkyl carbamates (subject to hydrolysis) is 1. The second kappa shape index (κ2) is 14.9. The lowest BCUT2D eigenvalue weighted by molar-refractivity contribution is -0.128. The van der Waals surface area contributed by atoms with E-state index in [1.54, 1.807) is 32.0 Å². The number of aliphatic hydroxyl groups is 1. The first kappa shape index (κ1) is 29.7. The number of anilines is 1. The first-order valence-corrected chi connectivity index (χ1v) is 11.9. The van der Waals surface area contributed by atoms with Crippen molar-refractivity contribution in [3.63, 3.8) is 0 Å². The Kier molecular flexibility index (Phi) is 11.6. The average molecular weight is 525 g/mol. The van der Waals surface area contributed by atoms with E-state index < -0.39 is 36.1 Å². The van der Waals surface area contributed by atoms with E-state index in [0.29, 0.717) is 16.8 Å². The van der Waals surface area contributed by atoms with Crippen LogP contribution in [-0.4, -0.2) is 52.8 Å². The molecule has 2 aromatic carbocycles. The van der Waals surface area contributed by atoms with Crippen molar-refractivity contribution in [1.29, 1.82) is 0 Å². The maximum absolute atomic E-state index is 12.6. The summed E-state index contributed by atoms with van der Waals surface area (Å²) < 4.78 is 5.12. The van der Waals surface area contributed by atoms with Crippen molar-refractivity contribution in [3.05, 3.63) is 65.2 Å². The van der Waals surface area contributed by atoms with Crippen LogP contribution in [0.25, 0.3) is 0 Å². The van der Waals surface area contributed by atoms with E-state index in [0.717, 1.165) is 5.56 Å². The Balaban J connectivity index is 1.95. The third-order valence-electron chi connectivity index (χ3n) is 5.28. The van der Waals surface area contributed by atoms with Gasteiger partial charge in [0, 0.05) is 11.3 Å². The van der Waals surface area contributed by atoms with E-state index in [1.165, 1.54) is 6.92 Å². The second-order valence-corrected chi connectivity index (χ2v) is 8.64. The van der Waals surface area contributed by atoms with Crippen LogP contribution < -0.4 is 21.3 Å². The van der Waals surface area contributed by atoms with Crippen LogP contribution >= 0.6 is 0 Å². The predicted octanol–water partition coefficient (Wildman–Crippen LogP) is 2.19. The Morgan fingerprint density at radius 1 is 0.974 bits per heavy atom. The zero-order valence-electron chi connectivity index (χ0n) is 21.4.